The van der Waals surface area contributed by atoms with Gasteiger partial charge in [0.1, 0.15) is 16.6 Å². The van der Waals surface area contributed by atoms with Gasteiger partial charge in [-0.1, -0.05) is 0 Å². The van der Waals surface area contributed by atoms with Crippen LogP contribution < -0.4 is 10.6 Å². The van der Waals surface area contributed by atoms with Crippen LogP contribution in [-0.4, -0.2) is 16.0 Å². The van der Waals surface area contributed by atoms with Gasteiger partial charge < -0.3 is 5.32 Å². The van der Waals surface area contributed by atoms with E-state index in [2.05, 4.69) is 20.6 Å². The number of hydrogen-bond acceptors (Lipinski definition) is 4. The topological polar surface area (TPSA) is 66.9 Å². The monoisotopic (exact) mass is 280 g/mol. The summed E-state index contributed by atoms with van der Waals surface area (Å²) >= 11 is 1.53. The Balaban J connectivity index is 1.92. The van der Waals surface area contributed by atoms with Crippen molar-refractivity contribution in [3.05, 3.63) is 40.2 Å². The highest BCUT2D eigenvalue weighted by molar-refractivity contribution is 7.11. The molecule has 0 aliphatic rings. The fourth-order valence-electron chi connectivity index (χ4n) is 1.43. The van der Waals surface area contributed by atoms with Crippen molar-refractivity contribution in [3.63, 3.8) is 0 Å². The molecule has 0 aliphatic heterocycles. The summed E-state index contributed by atoms with van der Waals surface area (Å²) in [6, 6.07) is 2.03. The lowest BCUT2D eigenvalue weighted by molar-refractivity contribution is 0.249. The van der Waals surface area contributed by atoms with Crippen molar-refractivity contribution >= 4 is 23.2 Å². The highest BCUT2D eigenvalue weighted by Crippen LogP contribution is 2.18. The summed E-state index contributed by atoms with van der Waals surface area (Å²) in [5.74, 6) is -0.154. The number of carbonyl (C=O) groups excluding carboxylic acids is 1. The average molecular weight is 280 g/mol. The number of anilines is 1. The molecule has 2 aromatic heterocycles. The second-order valence-corrected chi connectivity index (χ2v) is 5.26. The highest BCUT2D eigenvalue weighted by Gasteiger charge is 2.12. The molecule has 100 valence electrons. The van der Waals surface area contributed by atoms with Crippen LogP contribution in [-0.2, 0) is 0 Å². The summed E-state index contributed by atoms with van der Waals surface area (Å²) in [4.78, 5) is 20.7. The average Bonchev–Trinajstić information content (AvgIpc) is 2.79. The fourth-order valence-corrected chi connectivity index (χ4v) is 2.21. The van der Waals surface area contributed by atoms with Gasteiger partial charge >= 0.3 is 6.03 Å². The number of carbonyl (C=O) groups is 1. The Hall–Kier alpha value is -2.02. The van der Waals surface area contributed by atoms with Crippen LogP contribution in [0.5, 0.6) is 0 Å². The minimum Gasteiger partial charge on any atom is -0.329 e. The van der Waals surface area contributed by atoms with Crippen LogP contribution in [0.2, 0.25) is 0 Å². The standard InChI is InChI=1S/C12H13FN4OS/c1-7-5-15-11(19-7)8(2)16-12(18)17-10-4-3-9(13)6-14-10/h3-6,8H,1-2H3,(H2,14,16,17,18). The number of aromatic nitrogens is 2. The van der Waals surface area contributed by atoms with Gasteiger partial charge in [-0.3, -0.25) is 5.32 Å². The maximum atomic E-state index is 12.7. The molecule has 0 radical (unpaired) electrons. The van der Waals surface area contributed by atoms with Crippen LogP contribution in [0.4, 0.5) is 15.0 Å². The normalized spacial score (nSPS) is 11.9. The maximum Gasteiger partial charge on any atom is 0.320 e. The van der Waals surface area contributed by atoms with Crippen LogP contribution in [0.1, 0.15) is 22.9 Å². The molecule has 2 aromatic rings. The van der Waals surface area contributed by atoms with E-state index in [1.165, 1.54) is 23.5 Å². The van der Waals surface area contributed by atoms with Crippen molar-refractivity contribution < 1.29 is 9.18 Å². The highest BCUT2D eigenvalue weighted by atomic mass is 32.1. The largest absolute Gasteiger partial charge is 0.329 e. The number of halogens is 1. The molecule has 0 bridgehead atoms. The lowest BCUT2D eigenvalue weighted by atomic mass is 10.3. The Labute approximate surface area is 113 Å². The molecule has 2 rings (SSSR count). The minimum atomic E-state index is -0.447. The van der Waals surface area contributed by atoms with Crippen LogP contribution >= 0.6 is 11.3 Å². The molecule has 2 heterocycles. The van der Waals surface area contributed by atoms with Gasteiger partial charge in [0.05, 0.1) is 12.2 Å². The molecule has 19 heavy (non-hydrogen) atoms. The Kier molecular flexibility index (Phi) is 4.06. The van der Waals surface area contributed by atoms with Gasteiger partial charge in [-0.05, 0) is 26.0 Å². The zero-order valence-electron chi connectivity index (χ0n) is 10.5. The third-order valence-electron chi connectivity index (χ3n) is 2.33. The molecule has 5 nitrogen and oxygen atoms in total. The summed E-state index contributed by atoms with van der Waals surface area (Å²) in [6.07, 6.45) is 2.81. The van der Waals surface area contributed by atoms with Gasteiger partial charge in [0, 0.05) is 11.1 Å². The molecule has 1 atom stereocenters. The molecule has 0 fully saturated rings. The molecule has 2 N–H and O–H groups in total. The number of aryl methyl sites for hydroxylation is 1. The van der Waals surface area contributed by atoms with Gasteiger partial charge in [0.25, 0.3) is 0 Å². The summed E-state index contributed by atoms with van der Waals surface area (Å²) in [6.45, 7) is 3.80. The zero-order valence-corrected chi connectivity index (χ0v) is 11.3. The number of nitrogens with one attached hydrogen (secondary N) is 2. The summed E-state index contributed by atoms with van der Waals surface area (Å²) < 4.78 is 12.7. The van der Waals surface area contributed by atoms with Crippen molar-refractivity contribution in [1.29, 1.82) is 0 Å². The zero-order chi connectivity index (χ0) is 13.8. The molecule has 0 aromatic carbocycles. The summed E-state index contributed by atoms with van der Waals surface area (Å²) in [5.41, 5.74) is 0. The molecular formula is C12H13FN4OS. The Bertz CT molecular complexity index is 569. The first-order valence-corrected chi connectivity index (χ1v) is 6.47. The smallest absolute Gasteiger partial charge is 0.320 e. The Morgan fingerprint density at radius 3 is 2.74 bits per heavy atom. The van der Waals surface area contributed by atoms with Gasteiger partial charge in [-0.15, -0.1) is 11.3 Å². The molecule has 0 saturated heterocycles. The van der Waals surface area contributed by atoms with E-state index in [4.69, 9.17) is 0 Å². The number of thiazole rings is 1. The van der Waals surface area contributed by atoms with Crippen molar-refractivity contribution in [3.8, 4) is 0 Å². The van der Waals surface area contributed by atoms with E-state index >= 15 is 0 Å². The Morgan fingerprint density at radius 2 is 2.16 bits per heavy atom. The molecule has 0 aliphatic carbocycles. The van der Waals surface area contributed by atoms with Gasteiger partial charge in [0.2, 0.25) is 0 Å². The SMILES string of the molecule is Cc1cnc(C(C)NC(=O)Nc2ccc(F)cn2)s1. The van der Waals surface area contributed by atoms with Crippen LogP contribution in [0.3, 0.4) is 0 Å². The number of nitrogens with zero attached hydrogens (tertiary/aromatic N) is 2. The first-order chi connectivity index (χ1) is 9.04. The Morgan fingerprint density at radius 1 is 1.37 bits per heavy atom. The molecular weight excluding hydrogens is 267 g/mol. The maximum absolute atomic E-state index is 12.7. The van der Waals surface area contributed by atoms with E-state index in [-0.39, 0.29) is 6.04 Å². The van der Waals surface area contributed by atoms with Crippen LogP contribution in [0.15, 0.2) is 24.5 Å². The molecule has 2 amide bonds. The first-order valence-electron chi connectivity index (χ1n) is 5.66. The fraction of sp³-hybridized carbons (Fsp3) is 0.250. The lowest BCUT2D eigenvalue weighted by Crippen LogP contribution is -2.31. The van der Waals surface area contributed by atoms with E-state index < -0.39 is 11.8 Å². The third kappa shape index (κ3) is 3.72. The molecule has 1 unspecified atom stereocenters. The number of pyridine rings is 1. The first kappa shape index (κ1) is 13.4. The molecule has 0 spiro atoms. The van der Waals surface area contributed by atoms with Gasteiger partial charge in [0.15, 0.2) is 0 Å². The van der Waals surface area contributed by atoms with Gasteiger partial charge in [-0.2, -0.15) is 0 Å². The summed E-state index contributed by atoms with van der Waals surface area (Å²) in [7, 11) is 0. The van der Waals surface area contributed by atoms with E-state index in [0.29, 0.717) is 5.82 Å². The third-order valence-corrected chi connectivity index (χ3v) is 3.42. The quantitative estimate of drug-likeness (QED) is 0.908. The van der Waals surface area contributed by atoms with E-state index in [0.717, 1.165) is 16.1 Å². The predicted octanol–water partition coefficient (Wildman–Crippen LogP) is 2.87. The van der Waals surface area contributed by atoms with Crippen molar-refractivity contribution in [2.45, 2.75) is 19.9 Å². The minimum absolute atomic E-state index is 0.195. The van der Waals surface area contributed by atoms with Gasteiger partial charge in [-0.25, -0.2) is 19.2 Å². The lowest BCUT2D eigenvalue weighted by Gasteiger charge is -2.11. The number of rotatable bonds is 3. The second-order valence-electron chi connectivity index (χ2n) is 3.99. The second kappa shape index (κ2) is 5.75. The molecule has 7 heteroatoms. The van der Waals surface area contributed by atoms with Crippen molar-refractivity contribution in [1.82, 2.24) is 15.3 Å². The number of urea groups is 1. The van der Waals surface area contributed by atoms with Crippen LogP contribution in [0, 0.1) is 12.7 Å². The van der Waals surface area contributed by atoms with E-state index in [1.54, 1.807) is 6.20 Å². The van der Waals surface area contributed by atoms with E-state index in [1.807, 2.05) is 13.8 Å². The summed E-state index contributed by atoms with van der Waals surface area (Å²) in [5, 5.41) is 6.10. The van der Waals surface area contributed by atoms with Crippen molar-refractivity contribution in [2.24, 2.45) is 0 Å². The number of hydrogen-bond donors (Lipinski definition) is 2. The van der Waals surface area contributed by atoms with Crippen molar-refractivity contribution in [2.75, 3.05) is 5.32 Å². The molecule has 0 saturated carbocycles. The van der Waals surface area contributed by atoms with E-state index in [9.17, 15) is 9.18 Å². The predicted molar refractivity (Wildman–Crippen MR) is 71.6 cm³/mol. The number of amides is 2. The van der Waals surface area contributed by atoms with Crippen LogP contribution in [0.25, 0.3) is 0 Å².